The average molecular weight is 659 g/mol. The number of hydrogen-bond acceptors (Lipinski definition) is 5. The number of carbonyl (C=O) groups excluding carboxylic acids is 1. The first-order chi connectivity index (χ1) is 23.4. The molecule has 0 unspecified atom stereocenters. The van der Waals surface area contributed by atoms with E-state index in [1.54, 1.807) is 24.3 Å². The summed E-state index contributed by atoms with van der Waals surface area (Å²) >= 11 is 0. The first-order valence-corrected chi connectivity index (χ1v) is 17.5. The lowest BCUT2D eigenvalue weighted by Gasteiger charge is -2.25. The minimum absolute atomic E-state index is 0.143. The van der Waals surface area contributed by atoms with Crippen LogP contribution in [-0.2, 0) is 34.0 Å². The Hall–Kier alpha value is -5.18. The van der Waals surface area contributed by atoms with E-state index in [2.05, 4.69) is 45.7 Å². The van der Waals surface area contributed by atoms with E-state index < -0.39 is 10.0 Å². The molecule has 0 fully saturated rings. The van der Waals surface area contributed by atoms with Gasteiger partial charge in [-0.3, -0.25) is 0 Å². The minimum Gasteiger partial charge on any atom is -0.507 e. The Morgan fingerprint density at radius 2 is 1.35 bits per heavy atom. The van der Waals surface area contributed by atoms with Gasteiger partial charge in [0, 0.05) is 29.6 Å². The molecule has 5 aromatic carbocycles. The highest BCUT2D eigenvalue weighted by atomic mass is 32.2. The quantitative estimate of drug-likeness (QED) is 0.126. The van der Waals surface area contributed by atoms with Crippen molar-refractivity contribution in [3.8, 4) is 5.75 Å². The number of sulfonamides is 1. The van der Waals surface area contributed by atoms with E-state index in [-0.39, 0.29) is 29.2 Å². The number of carbonyl (C=O) groups is 1. The van der Waals surface area contributed by atoms with Crippen molar-refractivity contribution in [3.05, 3.63) is 167 Å². The van der Waals surface area contributed by atoms with Crippen molar-refractivity contribution in [2.75, 3.05) is 13.7 Å². The molecule has 0 radical (unpaired) electrons. The fourth-order valence-electron chi connectivity index (χ4n) is 6.45. The maximum atomic E-state index is 13.3. The van der Waals surface area contributed by atoms with Crippen LogP contribution in [0.2, 0.25) is 0 Å². The van der Waals surface area contributed by atoms with Crippen LogP contribution >= 0.6 is 0 Å². The number of methoxy groups -OCH3 is 1. The van der Waals surface area contributed by atoms with Gasteiger partial charge in [-0.15, -0.1) is 0 Å². The number of phenolic OH excluding ortho intramolecular Hbond substituents is 1. The molecule has 1 aromatic heterocycles. The largest absolute Gasteiger partial charge is 0.507 e. The van der Waals surface area contributed by atoms with Crippen molar-refractivity contribution < 1.29 is 23.1 Å². The highest BCUT2D eigenvalue weighted by molar-refractivity contribution is 7.89. The van der Waals surface area contributed by atoms with Gasteiger partial charge in [-0.1, -0.05) is 103 Å². The highest BCUT2D eigenvalue weighted by Gasteiger charge is 2.26. The zero-order chi connectivity index (χ0) is 33.5. The lowest BCUT2D eigenvalue weighted by atomic mass is 9.97. The Kier molecular flexibility index (Phi) is 10.0. The van der Waals surface area contributed by atoms with Gasteiger partial charge in [0.1, 0.15) is 10.6 Å². The Balaban J connectivity index is 1.40. The van der Waals surface area contributed by atoms with E-state index in [1.165, 1.54) is 24.8 Å². The van der Waals surface area contributed by atoms with Crippen LogP contribution in [0.25, 0.3) is 10.9 Å². The van der Waals surface area contributed by atoms with Crippen molar-refractivity contribution in [3.63, 3.8) is 0 Å². The van der Waals surface area contributed by atoms with Crippen molar-refractivity contribution in [2.24, 2.45) is 0 Å². The first-order valence-electron chi connectivity index (χ1n) is 16.0. The topological polar surface area (TPSA) is 97.6 Å². The first kappa shape index (κ1) is 32.7. The fourth-order valence-corrected chi connectivity index (χ4v) is 7.58. The van der Waals surface area contributed by atoms with Crippen molar-refractivity contribution in [2.45, 2.75) is 36.6 Å². The number of aromatic hydroxyl groups is 1. The maximum Gasteiger partial charge on any atom is 0.337 e. The lowest BCUT2D eigenvalue weighted by Crippen LogP contribution is -2.27. The molecule has 6 aromatic rings. The smallest absolute Gasteiger partial charge is 0.337 e. The Morgan fingerprint density at radius 1 is 0.750 bits per heavy atom. The molecule has 1 heterocycles. The van der Waals surface area contributed by atoms with Gasteiger partial charge < -0.3 is 14.4 Å². The fraction of sp³-hybridized carbons (Fsp3) is 0.175. The van der Waals surface area contributed by atoms with E-state index in [1.807, 2.05) is 60.7 Å². The second-order valence-corrected chi connectivity index (χ2v) is 13.4. The molecule has 0 saturated heterocycles. The molecule has 0 aliphatic carbocycles. The molecule has 2 N–H and O–H groups in total. The van der Waals surface area contributed by atoms with Crippen LogP contribution in [0, 0.1) is 0 Å². The monoisotopic (exact) mass is 658 g/mol. The SMILES string of the molecule is COC(=O)c1ccc(CCCc2c(CCNS(=O)(=O)c3ccccc3O)n(C(c3ccccc3)c3ccccc3)c3ccccc23)cc1. The normalized spacial score (nSPS) is 11.6. The van der Waals surface area contributed by atoms with Gasteiger partial charge in [-0.2, -0.15) is 0 Å². The molecular weight excluding hydrogens is 621 g/mol. The van der Waals surface area contributed by atoms with Gasteiger partial charge in [0.2, 0.25) is 10.0 Å². The summed E-state index contributed by atoms with van der Waals surface area (Å²) in [7, 11) is -2.57. The van der Waals surface area contributed by atoms with Crippen LogP contribution < -0.4 is 4.72 Å². The van der Waals surface area contributed by atoms with Gasteiger partial charge in [-0.05, 0) is 71.8 Å². The zero-order valence-corrected chi connectivity index (χ0v) is 27.6. The summed E-state index contributed by atoms with van der Waals surface area (Å²) in [6, 6.07) is 42.4. The number of hydrogen-bond donors (Lipinski definition) is 2. The summed E-state index contributed by atoms with van der Waals surface area (Å²) < 4.78 is 36.5. The summed E-state index contributed by atoms with van der Waals surface area (Å²) in [6.45, 7) is 0.144. The van der Waals surface area contributed by atoms with Crippen LogP contribution in [0.5, 0.6) is 5.75 Å². The van der Waals surface area contributed by atoms with Crippen LogP contribution in [0.1, 0.15) is 50.8 Å². The second kappa shape index (κ2) is 14.7. The number of aryl methyl sites for hydroxylation is 2. The molecule has 0 saturated carbocycles. The number of benzene rings is 5. The van der Waals surface area contributed by atoms with Crippen LogP contribution in [0.15, 0.2) is 138 Å². The molecule has 0 spiro atoms. The number of phenols is 1. The second-order valence-electron chi connectivity index (χ2n) is 11.7. The third-order valence-corrected chi connectivity index (χ3v) is 10.2. The van der Waals surface area contributed by atoms with Gasteiger partial charge in [0.25, 0.3) is 0 Å². The summed E-state index contributed by atoms with van der Waals surface area (Å²) in [5.41, 5.74) is 7.19. The standard InChI is InChI=1S/C40H38N2O5S/c1-47-40(44)32-25-23-29(24-26-32)13-12-19-34-33-18-8-9-20-35(33)42(39(30-14-4-2-5-15-30)31-16-6-3-7-17-31)36(34)27-28-41-48(45,46)38-22-11-10-21-37(38)43/h2-11,14-18,20-26,39,41,43H,12-13,19,27-28H2,1H3. The van der Waals surface area contributed by atoms with E-state index in [0.29, 0.717) is 12.0 Å². The number of rotatable bonds is 13. The highest BCUT2D eigenvalue weighted by Crippen LogP contribution is 2.37. The van der Waals surface area contributed by atoms with E-state index >= 15 is 0 Å². The number of para-hydroxylation sites is 2. The van der Waals surface area contributed by atoms with Crippen LogP contribution in [-0.4, -0.2) is 37.7 Å². The third-order valence-electron chi connectivity index (χ3n) is 8.69. The Bertz CT molecular complexity index is 2070. The van der Waals surface area contributed by atoms with Crippen LogP contribution in [0.3, 0.4) is 0 Å². The molecule has 0 bridgehead atoms. The zero-order valence-electron chi connectivity index (χ0n) is 26.8. The number of nitrogens with zero attached hydrogens (tertiary/aromatic N) is 1. The predicted octanol–water partition coefficient (Wildman–Crippen LogP) is 7.47. The molecular formula is C40H38N2O5S. The molecule has 48 heavy (non-hydrogen) atoms. The van der Waals surface area contributed by atoms with Gasteiger partial charge >= 0.3 is 5.97 Å². The molecule has 0 atom stereocenters. The molecule has 0 aliphatic rings. The lowest BCUT2D eigenvalue weighted by molar-refractivity contribution is 0.0600. The van der Waals surface area contributed by atoms with Crippen molar-refractivity contribution >= 4 is 26.9 Å². The average Bonchev–Trinajstić information content (AvgIpc) is 3.41. The molecule has 8 heteroatoms. The molecule has 0 aliphatic heterocycles. The molecule has 6 rings (SSSR count). The molecule has 244 valence electrons. The minimum atomic E-state index is -3.95. The van der Waals surface area contributed by atoms with Crippen molar-refractivity contribution in [1.29, 1.82) is 0 Å². The Morgan fingerprint density at radius 3 is 2.00 bits per heavy atom. The number of esters is 1. The van der Waals surface area contributed by atoms with Crippen molar-refractivity contribution in [1.82, 2.24) is 9.29 Å². The predicted molar refractivity (Wildman–Crippen MR) is 189 cm³/mol. The van der Waals surface area contributed by atoms with Gasteiger partial charge in [-0.25, -0.2) is 17.9 Å². The summed E-state index contributed by atoms with van der Waals surface area (Å²) in [5, 5.41) is 11.4. The maximum absolute atomic E-state index is 13.3. The number of fused-ring (bicyclic) bond motifs is 1. The van der Waals surface area contributed by atoms with E-state index in [9.17, 15) is 18.3 Å². The van der Waals surface area contributed by atoms with E-state index in [4.69, 9.17) is 4.74 Å². The third kappa shape index (κ3) is 7.05. The summed E-state index contributed by atoms with van der Waals surface area (Å²) in [5.74, 6) is -0.642. The molecule has 0 amide bonds. The van der Waals surface area contributed by atoms with Crippen LogP contribution in [0.4, 0.5) is 0 Å². The number of nitrogens with one attached hydrogen (secondary N) is 1. The van der Waals surface area contributed by atoms with Gasteiger partial charge in [0.15, 0.2) is 0 Å². The number of ether oxygens (including phenoxy) is 1. The van der Waals surface area contributed by atoms with E-state index in [0.717, 1.165) is 52.5 Å². The number of aromatic nitrogens is 1. The summed E-state index contributed by atoms with van der Waals surface area (Å²) in [6.07, 6.45) is 2.86. The Labute approximate surface area is 281 Å². The molecule has 7 nitrogen and oxygen atoms in total. The summed E-state index contributed by atoms with van der Waals surface area (Å²) in [4.78, 5) is 11.8. The van der Waals surface area contributed by atoms with Gasteiger partial charge in [0.05, 0.1) is 18.7 Å².